The molecule has 4 nitrogen and oxygen atoms in total. The summed E-state index contributed by atoms with van der Waals surface area (Å²) in [5, 5.41) is 23.9. The van der Waals surface area contributed by atoms with Crippen LogP contribution in [0.5, 0.6) is 0 Å². The minimum absolute atomic E-state index is 0.265. The zero-order valence-electron chi connectivity index (χ0n) is 28.0. The molecule has 3 unspecified atom stereocenters. The summed E-state index contributed by atoms with van der Waals surface area (Å²) in [5.74, 6) is -0.315. The molecule has 0 radical (unpaired) electrons. The van der Waals surface area contributed by atoms with E-state index < -0.39 is 12.2 Å². The number of unbranched alkanes of at least 4 members (excludes halogenated alkanes) is 22. The molecular formula is C37H73NO3. The Morgan fingerprint density at radius 3 is 1.34 bits per heavy atom. The van der Waals surface area contributed by atoms with Gasteiger partial charge in [-0.25, -0.2) is 0 Å². The minimum Gasteiger partial charge on any atom is -0.391 e. The Hall–Kier alpha value is -0.870. The number of hydrogen-bond acceptors (Lipinski definition) is 3. The fourth-order valence-electron chi connectivity index (χ4n) is 5.68. The Morgan fingerprint density at radius 2 is 0.902 bits per heavy atom. The summed E-state index contributed by atoms with van der Waals surface area (Å²) in [6, 6.07) is -0.265. The highest BCUT2D eigenvalue weighted by atomic mass is 16.3. The number of rotatable bonds is 32. The maximum absolute atomic E-state index is 12.5. The molecule has 0 bridgehead atoms. The van der Waals surface area contributed by atoms with Gasteiger partial charge in [-0.15, -0.1) is 0 Å². The van der Waals surface area contributed by atoms with E-state index in [1.54, 1.807) is 0 Å². The number of carbonyl (C=O) groups is 1. The van der Waals surface area contributed by atoms with Crippen LogP contribution in [0.25, 0.3) is 0 Å². The first-order valence-electron chi connectivity index (χ1n) is 18.4. The average Bonchev–Trinajstić information content (AvgIpc) is 2.98. The molecular weight excluding hydrogens is 506 g/mol. The molecule has 3 atom stereocenters. The smallest absolute Gasteiger partial charge is 0.249 e. The van der Waals surface area contributed by atoms with Crippen molar-refractivity contribution in [2.45, 2.75) is 219 Å². The molecule has 0 aliphatic heterocycles. The summed E-state index contributed by atoms with van der Waals surface area (Å²) in [6.45, 7) is 6.52. The largest absolute Gasteiger partial charge is 0.391 e. The number of hydrogen-bond donors (Lipinski definition) is 3. The Bertz CT molecular complexity index is 564. The zero-order chi connectivity index (χ0) is 30.2. The number of aliphatic hydroxyl groups excluding tert-OH is 2. The lowest BCUT2D eigenvalue weighted by Crippen LogP contribution is -2.47. The van der Waals surface area contributed by atoms with E-state index in [1.165, 1.54) is 135 Å². The molecule has 0 fully saturated rings. The van der Waals surface area contributed by atoms with Crippen LogP contribution in [0.4, 0.5) is 0 Å². The Labute approximate surface area is 256 Å². The highest BCUT2D eigenvalue weighted by molar-refractivity contribution is 5.80. The predicted octanol–water partition coefficient (Wildman–Crippen LogP) is 10.7. The first-order chi connectivity index (χ1) is 20.1. The van der Waals surface area contributed by atoms with E-state index in [1.807, 2.05) is 6.92 Å². The van der Waals surface area contributed by atoms with Gasteiger partial charge in [0.2, 0.25) is 5.91 Å². The van der Waals surface area contributed by atoms with Gasteiger partial charge in [0.15, 0.2) is 0 Å². The summed E-state index contributed by atoms with van der Waals surface area (Å²) in [7, 11) is 0. The van der Waals surface area contributed by atoms with Gasteiger partial charge in [-0.3, -0.25) is 4.79 Å². The summed E-state index contributed by atoms with van der Waals surface area (Å²) in [5.41, 5.74) is 0. The van der Waals surface area contributed by atoms with Crippen molar-refractivity contribution in [1.29, 1.82) is 0 Å². The van der Waals surface area contributed by atoms with E-state index in [0.29, 0.717) is 12.8 Å². The third-order valence-corrected chi connectivity index (χ3v) is 8.63. The third kappa shape index (κ3) is 27.7. The van der Waals surface area contributed by atoms with Gasteiger partial charge in [0.1, 0.15) is 6.10 Å². The van der Waals surface area contributed by atoms with E-state index >= 15 is 0 Å². The number of aliphatic hydroxyl groups is 2. The van der Waals surface area contributed by atoms with Crippen molar-refractivity contribution in [1.82, 2.24) is 5.32 Å². The Balaban J connectivity index is 3.70. The summed E-state index contributed by atoms with van der Waals surface area (Å²) < 4.78 is 0. The van der Waals surface area contributed by atoms with Gasteiger partial charge in [-0.2, -0.15) is 0 Å². The van der Waals surface area contributed by atoms with Crippen LogP contribution < -0.4 is 5.32 Å². The second-order valence-electron chi connectivity index (χ2n) is 12.7. The van der Waals surface area contributed by atoms with Crippen LogP contribution in [0, 0.1) is 0 Å². The normalized spacial score (nSPS) is 14.0. The van der Waals surface area contributed by atoms with Gasteiger partial charge in [0.25, 0.3) is 0 Å². The molecule has 0 aliphatic rings. The topological polar surface area (TPSA) is 69.6 Å². The first kappa shape index (κ1) is 40.1. The second-order valence-corrected chi connectivity index (χ2v) is 12.7. The van der Waals surface area contributed by atoms with E-state index in [4.69, 9.17) is 0 Å². The van der Waals surface area contributed by atoms with Crippen molar-refractivity contribution in [3.05, 3.63) is 12.2 Å². The van der Waals surface area contributed by atoms with E-state index in [2.05, 4.69) is 31.3 Å². The van der Waals surface area contributed by atoms with E-state index in [-0.39, 0.29) is 11.9 Å². The van der Waals surface area contributed by atoms with Crippen LogP contribution >= 0.6 is 0 Å². The second kappa shape index (κ2) is 32.1. The van der Waals surface area contributed by atoms with Gasteiger partial charge >= 0.3 is 0 Å². The van der Waals surface area contributed by atoms with Crippen molar-refractivity contribution in [3.8, 4) is 0 Å². The van der Waals surface area contributed by atoms with Crippen LogP contribution in [0.3, 0.4) is 0 Å². The van der Waals surface area contributed by atoms with Crippen molar-refractivity contribution in [2.24, 2.45) is 0 Å². The fraction of sp³-hybridized carbons (Fsp3) is 0.919. The molecule has 0 aromatic rings. The van der Waals surface area contributed by atoms with Crippen molar-refractivity contribution >= 4 is 5.91 Å². The molecule has 0 heterocycles. The summed E-state index contributed by atoms with van der Waals surface area (Å²) >= 11 is 0. The minimum atomic E-state index is -0.958. The molecule has 244 valence electrons. The molecule has 0 rings (SSSR count). The molecule has 0 saturated carbocycles. The summed E-state index contributed by atoms with van der Waals surface area (Å²) in [4.78, 5) is 12.5. The summed E-state index contributed by atoms with van der Waals surface area (Å²) in [6.07, 6.45) is 36.9. The molecule has 0 aromatic heterocycles. The van der Waals surface area contributed by atoms with Crippen LogP contribution in [0.1, 0.15) is 201 Å². The van der Waals surface area contributed by atoms with E-state index in [9.17, 15) is 15.0 Å². The van der Waals surface area contributed by atoms with Crippen LogP contribution in [0.15, 0.2) is 12.2 Å². The quantitative estimate of drug-likeness (QED) is 0.0548. The molecule has 0 aromatic carbocycles. The number of amides is 1. The lowest BCUT2D eigenvalue weighted by Gasteiger charge is -2.24. The molecule has 0 aliphatic carbocycles. The molecule has 41 heavy (non-hydrogen) atoms. The van der Waals surface area contributed by atoms with Gasteiger partial charge in [-0.05, 0) is 44.9 Å². The molecule has 3 N–H and O–H groups in total. The lowest BCUT2D eigenvalue weighted by molar-refractivity contribution is -0.131. The van der Waals surface area contributed by atoms with Gasteiger partial charge < -0.3 is 15.5 Å². The first-order valence-corrected chi connectivity index (χ1v) is 18.4. The lowest BCUT2D eigenvalue weighted by atomic mass is 10.00. The van der Waals surface area contributed by atoms with Crippen molar-refractivity contribution < 1.29 is 15.0 Å². The van der Waals surface area contributed by atoms with Crippen LogP contribution in [-0.2, 0) is 4.79 Å². The number of nitrogens with one attached hydrogen (secondary N) is 1. The molecule has 0 spiro atoms. The van der Waals surface area contributed by atoms with Crippen molar-refractivity contribution in [2.75, 3.05) is 0 Å². The monoisotopic (exact) mass is 580 g/mol. The zero-order valence-corrected chi connectivity index (χ0v) is 28.0. The molecule has 4 heteroatoms. The SMILES string of the molecule is CCCCCC/C=C\CCCCCCCCCC(O)C(CC)NC(=O)C(O)CCCCCCCCCCCCCC. The third-order valence-electron chi connectivity index (χ3n) is 8.63. The van der Waals surface area contributed by atoms with Crippen LogP contribution in [-0.4, -0.2) is 34.4 Å². The number of carbonyl (C=O) groups excluding carboxylic acids is 1. The van der Waals surface area contributed by atoms with Gasteiger partial charge in [0, 0.05) is 0 Å². The Kier molecular flexibility index (Phi) is 31.4. The highest BCUT2D eigenvalue weighted by Gasteiger charge is 2.22. The highest BCUT2D eigenvalue weighted by Crippen LogP contribution is 2.15. The van der Waals surface area contributed by atoms with Crippen molar-refractivity contribution in [3.63, 3.8) is 0 Å². The maximum atomic E-state index is 12.5. The fourth-order valence-corrected chi connectivity index (χ4v) is 5.68. The van der Waals surface area contributed by atoms with Gasteiger partial charge in [-0.1, -0.05) is 168 Å². The van der Waals surface area contributed by atoms with E-state index in [0.717, 1.165) is 32.1 Å². The van der Waals surface area contributed by atoms with Crippen LogP contribution in [0.2, 0.25) is 0 Å². The number of allylic oxidation sites excluding steroid dienone is 2. The van der Waals surface area contributed by atoms with Gasteiger partial charge in [0.05, 0.1) is 12.1 Å². The average molecular weight is 580 g/mol. The predicted molar refractivity (Wildman–Crippen MR) is 179 cm³/mol. The Morgan fingerprint density at radius 1 is 0.537 bits per heavy atom. The standard InChI is InChI=1S/C37H73NO3/c1-4-7-9-11-13-15-17-19-20-21-23-24-26-28-30-32-35(39)34(6-3)38-37(41)36(40)33-31-29-27-25-22-18-16-14-12-10-8-5-2/h15,17,34-36,39-40H,4-14,16,18-33H2,1-3H3,(H,38,41)/b17-15-. The molecule has 0 saturated heterocycles. The molecule has 1 amide bonds. The maximum Gasteiger partial charge on any atom is 0.249 e.